The number of hydrogen-bond donors (Lipinski definition) is 2. The minimum absolute atomic E-state index is 0. The zero-order valence-corrected chi connectivity index (χ0v) is 13.5. The highest BCUT2D eigenvalue weighted by Crippen LogP contribution is 2.21. The normalized spacial score (nSPS) is 11.2. The van der Waals surface area contributed by atoms with Gasteiger partial charge in [0.25, 0.3) is 0 Å². The molecule has 0 spiro atoms. The van der Waals surface area contributed by atoms with Crippen LogP contribution in [0.15, 0.2) is 17.0 Å². The Balaban J connectivity index is 0.00000324. The Bertz CT molecular complexity index is 492. The van der Waals surface area contributed by atoms with Crippen LogP contribution in [0, 0.1) is 20.8 Å². The van der Waals surface area contributed by atoms with Crippen molar-refractivity contribution in [1.29, 1.82) is 0 Å². The summed E-state index contributed by atoms with van der Waals surface area (Å²) in [7, 11) is -1.55. The van der Waals surface area contributed by atoms with Gasteiger partial charge < -0.3 is 5.32 Å². The molecule has 1 aromatic carbocycles. The largest absolute Gasteiger partial charge is 0.320 e. The first-order valence-corrected chi connectivity index (χ1v) is 7.59. The van der Waals surface area contributed by atoms with Crippen LogP contribution in [0.5, 0.6) is 0 Å². The zero-order valence-electron chi connectivity index (χ0n) is 11.9. The molecule has 0 atom stereocenters. The molecular formula is C13H23ClN2O2S. The lowest BCUT2D eigenvalue weighted by Gasteiger charge is -2.13. The first-order chi connectivity index (χ1) is 8.38. The smallest absolute Gasteiger partial charge is 0.241 e. The van der Waals surface area contributed by atoms with Crippen LogP contribution in [0.4, 0.5) is 0 Å². The van der Waals surface area contributed by atoms with E-state index in [0.717, 1.165) is 29.7 Å². The molecule has 19 heavy (non-hydrogen) atoms. The molecule has 1 aromatic rings. The fraction of sp³-hybridized carbons (Fsp3) is 0.538. The van der Waals surface area contributed by atoms with E-state index in [2.05, 4.69) is 10.0 Å². The lowest BCUT2D eigenvalue weighted by atomic mass is 10.1. The van der Waals surface area contributed by atoms with Crippen molar-refractivity contribution in [2.45, 2.75) is 32.1 Å². The maximum atomic E-state index is 12.2. The predicted molar refractivity (Wildman–Crippen MR) is 81.6 cm³/mol. The van der Waals surface area contributed by atoms with Gasteiger partial charge in [-0.15, -0.1) is 12.4 Å². The summed E-state index contributed by atoms with van der Waals surface area (Å²) in [4.78, 5) is 0.414. The molecule has 0 amide bonds. The maximum absolute atomic E-state index is 12.2. The maximum Gasteiger partial charge on any atom is 0.241 e. The van der Waals surface area contributed by atoms with Crippen molar-refractivity contribution >= 4 is 22.4 Å². The summed E-state index contributed by atoms with van der Waals surface area (Å²) >= 11 is 0. The van der Waals surface area contributed by atoms with E-state index in [-0.39, 0.29) is 12.4 Å². The van der Waals surface area contributed by atoms with Crippen molar-refractivity contribution in [3.63, 3.8) is 0 Å². The second-order valence-electron chi connectivity index (χ2n) is 4.58. The fourth-order valence-electron chi connectivity index (χ4n) is 2.13. The number of rotatable bonds is 6. The minimum atomic E-state index is -3.40. The van der Waals surface area contributed by atoms with Gasteiger partial charge >= 0.3 is 0 Å². The highest BCUT2D eigenvalue weighted by Gasteiger charge is 2.18. The third kappa shape index (κ3) is 5.10. The van der Waals surface area contributed by atoms with Crippen molar-refractivity contribution in [2.75, 3.05) is 20.1 Å². The van der Waals surface area contributed by atoms with E-state index < -0.39 is 10.0 Å². The Labute approximate surface area is 122 Å². The molecule has 2 N–H and O–H groups in total. The van der Waals surface area contributed by atoms with Gasteiger partial charge in [-0.2, -0.15) is 0 Å². The molecule has 0 aliphatic rings. The summed E-state index contributed by atoms with van der Waals surface area (Å²) in [6, 6.07) is 3.80. The van der Waals surface area contributed by atoms with E-state index in [4.69, 9.17) is 0 Å². The molecule has 0 radical (unpaired) electrons. The van der Waals surface area contributed by atoms with Gasteiger partial charge in [0.15, 0.2) is 0 Å². The fourth-order valence-corrected chi connectivity index (χ4v) is 3.66. The Hall–Kier alpha value is -0.620. The molecule has 0 aromatic heterocycles. The Morgan fingerprint density at radius 1 is 1.05 bits per heavy atom. The molecule has 0 aliphatic carbocycles. The molecule has 0 saturated heterocycles. The van der Waals surface area contributed by atoms with Gasteiger partial charge in [0, 0.05) is 6.54 Å². The molecule has 0 bridgehead atoms. The summed E-state index contributed by atoms with van der Waals surface area (Å²) < 4.78 is 27.1. The molecule has 0 saturated carbocycles. The minimum Gasteiger partial charge on any atom is -0.320 e. The highest BCUT2D eigenvalue weighted by molar-refractivity contribution is 7.89. The Kier molecular flexibility index (Phi) is 7.59. The van der Waals surface area contributed by atoms with E-state index >= 15 is 0 Å². The van der Waals surface area contributed by atoms with Crippen molar-refractivity contribution in [1.82, 2.24) is 10.0 Å². The number of benzene rings is 1. The van der Waals surface area contributed by atoms with Crippen LogP contribution in [0.1, 0.15) is 23.1 Å². The molecule has 4 nitrogen and oxygen atoms in total. The van der Waals surface area contributed by atoms with Crippen molar-refractivity contribution in [3.05, 3.63) is 28.8 Å². The lowest BCUT2D eigenvalue weighted by Crippen LogP contribution is -2.28. The monoisotopic (exact) mass is 306 g/mol. The number of nitrogens with one attached hydrogen (secondary N) is 2. The second kappa shape index (κ2) is 7.85. The van der Waals surface area contributed by atoms with Crippen molar-refractivity contribution in [3.8, 4) is 0 Å². The Morgan fingerprint density at radius 3 is 2.05 bits per heavy atom. The summed E-state index contributed by atoms with van der Waals surface area (Å²) in [5, 5.41) is 2.99. The average Bonchev–Trinajstić information content (AvgIpc) is 2.22. The van der Waals surface area contributed by atoms with Gasteiger partial charge in [0.2, 0.25) is 10.0 Å². The molecule has 1 rings (SSSR count). The predicted octanol–water partition coefficient (Wildman–Crippen LogP) is 1.92. The zero-order chi connectivity index (χ0) is 13.8. The van der Waals surface area contributed by atoms with Crippen LogP contribution < -0.4 is 10.0 Å². The van der Waals surface area contributed by atoms with E-state index in [1.54, 1.807) is 0 Å². The summed E-state index contributed by atoms with van der Waals surface area (Å²) in [6.45, 7) is 6.89. The molecule has 6 heteroatoms. The van der Waals surface area contributed by atoms with Crippen molar-refractivity contribution in [2.24, 2.45) is 0 Å². The molecule has 0 aliphatic heterocycles. The van der Waals surface area contributed by atoms with Crippen LogP contribution in [0.3, 0.4) is 0 Å². The van der Waals surface area contributed by atoms with E-state index in [0.29, 0.717) is 11.4 Å². The molecule has 0 unspecified atom stereocenters. The van der Waals surface area contributed by atoms with Gasteiger partial charge in [-0.05, 0) is 51.9 Å². The second-order valence-corrected chi connectivity index (χ2v) is 6.29. The van der Waals surface area contributed by atoms with Crippen LogP contribution in [0.2, 0.25) is 0 Å². The Morgan fingerprint density at radius 2 is 1.58 bits per heavy atom. The van der Waals surface area contributed by atoms with E-state index in [9.17, 15) is 8.42 Å². The molecule has 0 fully saturated rings. The third-order valence-corrected chi connectivity index (χ3v) is 4.53. The lowest BCUT2D eigenvalue weighted by molar-refractivity contribution is 0.576. The number of aryl methyl sites for hydroxylation is 3. The van der Waals surface area contributed by atoms with Crippen LogP contribution in [0.25, 0.3) is 0 Å². The topological polar surface area (TPSA) is 58.2 Å². The third-order valence-electron chi connectivity index (χ3n) is 2.77. The first-order valence-electron chi connectivity index (χ1n) is 6.10. The van der Waals surface area contributed by atoms with Gasteiger partial charge in [-0.3, -0.25) is 0 Å². The van der Waals surface area contributed by atoms with Gasteiger partial charge in [-0.1, -0.05) is 17.7 Å². The van der Waals surface area contributed by atoms with E-state index in [1.165, 1.54) is 0 Å². The van der Waals surface area contributed by atoms with E-state index in [1.807, 2.05) is 40.0 Å². The van der Waals surface area contributed by atoms with Gasteiger partial charge in [0.05, 0.1) is 4.90 Å². The quantitative estimate of drug-likeness (QED) is 0.790. The first kappa shape index (κ1) is 18.4. The van der Waals surface area contributed by atoms with Crippen molar-refractivity contribution < 1.29 is 8.42 Å². The van der Waals surface area contributed by atoms with Crippen LogP contribution >= 0.6 is 12.4 Å². The SMILES string of the molecule is CNCCCNS(=O)(=O)c1c(C)cc(C)cc1C.Cl. The molecule has 0 heterocycles. The standard InChI is InChI=1S/C13H22N2O2S.ClH/c1-10-8-11(2)13(12(3)9-10)18(16,17)15-7-5-6-14-4;/h8-9,14-15H,5-7H2,1-4H3;1H. The number of halogens is 1. The highest BCUT2D eigenvalue weighted by atomic mass is 35.5. The molecular weight excluding hydrogens is 284 g/mol. The summed E-state index contributed by atoms with van der Waals surface area (Å²) in [5.41, 5.74) is 2.68. The van der Waals surface area contributed by atoms with Crippen LogP contribution in [-0.2, 0) is 10.0 Å². The molecule has 110 valence electrons. The number of sulfonamides is 1. The van der Waals surface area contributed by atoms with Gasteiger partial charge in [-0.25, -0.2) is 13.1 Å². The van der Waals surface area contributed by atoms with Crippen LogP contribution in [-0.4, -0.2) is 28.6 Å². The summed E-state index contributed by atoms with van der Waals surface area (Å²) in [6.07, 6.45) is 0.777. The average molecular weight is 307 g/mol. The summed E-state index contributed by atoms with van der Waals surface area (Å²) in [5.74, 6) is 0. The number of hydrogen-bond acceptors (Lipinski definition) is 3. The van der Waals surface area contributed by atoms with Gasteiger partial charge in [0.1, 0.15) is 0 Å².